The van der Waals surface area contributed by atoms with Crippen molar-refractivity contribution in [2.45, 2.75) is 26.2 Å². The molecule has 0 atom stereocenters. The lowest BCUT2D eigenvalue weighted by molar-refractivity contribution is 0.591. The maximum atomic E-state index is 3.77. The number of hydrogen-bond donors (Lipinski definition) is 1. The fourth-order valence-corrected chi connectivity index (χ4v) is 5.57. The summed E-state index contributed by atoms with van der Waals surface area (Å²) in [5, 5.41) is 5.05. The number of hydrogen-bond acceptors (Lipinski definition) is 0. The van der Waals surface area contributed by atoms with E-state index in [1.165, 1.54) is 66.0 Å². The number of fused-ring (bicyclic) bond motifs is 7. The molecule has 0 unspecified atom stereocenters. The van der Waals surface area contributed by atoms with E-state index >= 15 is 0 Å². The van der Waals surface area contributed by atoms with Crippen molar-refractivity contribution in [1.82, 2.24) is 9.55 Å². The van der Waals surface area contributed by atoms with Gasteiger partial charge in [-0.05, 0) is 51.8 Å². The molecule has 5 aromatic carbocycles. The molecule has 174 valence electrons. The normalized spacial score (nSPS) is 12.3. The van der Waals surface area contributed by atoms with E-state index in [4.69, 9.17) is 0 Å². The van der Waals surface area contributed by atoms with E-state index in [0.29, 0.717) is 0 Å². The van der Waals surface area contributed by atoms with E-state index in [2.05, 4.69) is 140 Å². The molecular formula is C34H28N2. The number of nitrogens with zero attached hydrogens (tertiary/aromatic N) is 1. The quantitative estimate of drug-likeness (QED) is 0.263. The summed E-state index contributed by atoms with van der Waals surface area (Å²) in [5.74, 6) is 0. The van der Waals surface area contributed by atoms with Crippen molar-refractivity contribution in [3.63, 3.8) is 0 Å². The summed E-state index contributed by atoms with van der Waals surface area (Å²) in [6.07, 6.45) is 0. The highest BCUT2D eigenvalue weighted by Gasteiger charge is 2.21. The van der Waals surface area contributed by atoms with Crippen LogP contribution >= 0.6 is 0 Å². The van der Waals surface area contributed by atoms with Crippen LogP contribution in [0.15, 0.2) is 109 Å². The Morgan fingerprint density at radius 2 is 1.31 bits per heavy atom. The SMILES string of the molecule is CC(C)(C)c1ccc2[nH]c3c4ccc5ccccc5c4n(-c4ccc(-c5ccccc5)cc4)c3c2c1. The Labute approximate surface area is 210 Å². The topological polar surface area (TPSA) is 20.7 Å². The molecule has 0 saturated heterocycles. The molecule has 0 saturated carbocycles. The first-order valence-electron chi connectivity index (χ1n) is 12.6. The van der Waals surface area contributed by atoms with Crippen LogP contribution in [-0.4, -0.2) is 9.55 Å². The van der Waals surface area contributed by atoms with Crippen molar-refractivity contribution in [3.05, 3.63) is 115 Å². The van der Waals surface area contributed by atoms with E-state index in [1.807, 2.05) is 0 Å². The first-order chi connectivity index (χ1) is 17.5. The largest absolute Gasteiger partial charge is 0.353 e. The van der Waals surface area contributed by atoms with Crippen LogP contribution in [0.25, 0.3) is 60.4 Å². The highest BCUT2D eigenvalue weighted by molar-refractivity contribution is 6.23. The van der Waals surface area contributed by atoms with E-state index < -0.39 is 0 Å². The van der Waals surface area contributed by atoms with Gasteiger partial charge in [0.25, 0.3) is 0 Å². The van der Waals surface area contributed by atoms with Crippen LogP contribution in [0.5, 0.6) is 0 Å². The molecule has 1 N–H and O–H groups in total. The molecule has 0 aliphatic carbocycles. The minimum absolute atomic E-state index is 0.0820. The van der Waals surface area contributed by atoms with E-state index in [0.717, 1.165) is 0 Å². The summed E-state index contributed by atoms with van der Waals surface area (Å²) in [5.41, 5.74) is 9.94. The first-order valence-corrected chi connectivity index (χ1v) is 12.6. The van der Waals surface area contributed by atoms with Crippen LogP contribution in [0.3, 0.4) is 0 Å². The molecule has 0 amide bonds. The average Bonchev–Trinajstić information content (AvgIpc) is 3.43. The molecule has 7 aromatic rings. The number of aromatic nitrogens is 2. The Kier molecular flexibility index (Phi) is 4.44. The number of rotatable bonds is 2. The molecule has 0 fully saturated rings. The second-order valence-electron chi connectivity index (χ2n) is 10.8. The zero-order chi connectivity index (χ0) is 24.4. The van der Waals surface area contributed by atoms with Gasteiger partial charge in [0.05, 0.1) is 16.6 Å². The monoisotopic (exact) mass is 464 g/mol. The Morgan fingerprint density at radius 3 is 2.08 bits per heavy atom. The van der Waals surface area contributed by atoms with Crippen LogP contribution in [0.2, 0.25) is 0 Å². The molecule has 2 nitrogen and oxygen atoms in total. The smallest absolute Gasteiger partial charge is 0.0798 e. The number of benzene rings is 5. The lowest BCUT2D eigenvalue weighted by Crippen LogP contribution is -2.10. The summed E-state index contributed by atoms with van der Waals surface area (Å²) in [6, 6.07) is 39.7. The fraction of sp³-hybridized carbons (Fsp3) is 0.118. The second-order valence-corrected chi connectivity index (χ2v) is 10.8. The van der Waals surface area contributed by atoms with Gasteiger partial charge in [0.2, 0.25) is 0 Å². The molecular weight excluding hydrogens is 436 g/mol. The zero-order valence-corrected chi connectivity index (χ0v) is 20.8. The molecule has 0 bridgehead atoms. The first kappa shape index (κ1) is 21.0. The number of nitrogens with one attached hydrogen (secondary N) is 1. The summed E-state index contributed by atoms with van der Waals surface area (Å²) in [6.45, 7) is 6.84. The average molecular weight is 465 g/mol. The third kappa shape index (κ3) is 3.11. The maximum absolute atomic E-state index is 3.77. The molecule has 0 spiro atoms. The van der Waals surface area contributed by atoms with Crippen molar-refractivity contribution in [1.29, 1.82) is 0 Å². The van der Waals surface area contributed by atoms with E-state index in [9.17, 15) is 0 Å². The van der Waals surface area contributed by atoms with E-state index in [1.54, 1.807) is 0 Å². The molecule has 2 heterocycles. The second kappa shape index (κ2) is 7.60. The van der Waals surface area contributed by atoms with Gasteiger partial charge in [-0.1, -0.05) is 106 Å². The van der Waals surface area contributed by atoms with Crippen molar-refractivity contribution in [2.75, 3.05) is 0 Å². The standard InChI is InChI=1S/C34H28N2/c1-34(2,3)25-16-20-30-29(21-25)33-31(35-30)28-19-15-24-11-7-8-12-27(24)32(28)36(33)26-17-13-23(14-18-26)22-9-5-4-6-10-22/h4-21,35H,1-3H3. The third-order valence-electron chi connectivity index (χ3n) is 7.49. The minimum Gasteiger partial charge on any atom is -0.353 e. The third-order valence-corrected chi connectivity index (χ3v) is 7.49. The van der Waals surface area contributed by atoms with Gasteiger partial charge in [0, 0.05) is 27.4 Å². The van der Waals surface area contributed by atoms with Crippen LogP contribution in [0, 0.1) is 0 Å². The molecule has 36 heavy (non-hydrogen) atoms. The Hall–Kier alpha value is -4.30. The van der Waals surface area contributed by atoms with Gasteiger partial charge in [-0.15, -0.1) is 0 Å². The van der Waals surface area contributed by atoms with Crippen LogP contribution in [-0.2, 0) is 5.41 Å². The van der Waals surface area contributed by atoms with Crippen molar-refractivity contribution in [3.8, 4) is 16.8 Å². The molecule has 0 aliphatic heterocycles. The molecule has 2 heteroatoms. The predicted octanol–water partition coefficient (Wildman–Crippen LogP) is 9.38. The van der Waals surface area contributed by atoms with Crippen molar-refractivity contribution in [2.24, 2.45) is 0 Å². The number of aromatic amines is 1. The summed E-state index contributed by atoms with van der Waals surface area (Å²) in [7, 11) is 0. The van der Waals surface area contributed by atoms with Crippen molar-refractivity contribution < 1.29 is 0 Å². The van der Waals surface area contributed by atoms with Crippen molar-refractivity contribution >= 4 is 43.6 Å². The van der Waals surface area contributed by atoms with Gasteiger partial charge in [-0.25, -0.2) is 0 Å². The number of H-pyrrole nitrogens is 1. The van der Waals surface area contributed by atoms with Crippen LogP contribution < -0.4 is 0 Å². The van der Waals surface area contributed by atoms with Gasteiger partial charge in [-0.3, -0.25) is 0 Å². The van der Waals surface area contributed by atoms with Gasteiger partial charge in [0.1, 0.15) is 0 Å². The predicted molar refractivity (Wildman–Crippen MR) is 154 cm³/mol. The minimum atomic E-state index is 0.0820. The zero-order valence-electron chi connectivity index (χ0n) is 20.8. The fourth-order valence-electron chi connectivity index (χ4n) is 5.57. The van der Waals surface area contributed by atoms with Gasteiger partial charge >= 0.3 is 0 Å². The van der Waals surface area contributed by atoms with Gasteiger partial charge < -0.3 is 9.55 Å². The summed E-state index contributed by atoms with van der Waals surface area (Å²) in [4.78, 5) is 3.77. The maximum Gasteiger partial charge on any atom is 0.0798 e. The Morgan fingerprint density at radius 1 is 0.583 bits per heavy atom. The highest BCUT2D eigenvalue weighted by Crippen LogP contribution is 2.41. The highest BCUT2D eigenvalue weighted by atomic mass is 15.0. The lowest BCUT2D eigenvalue weighted by atomic mass is 9.86. The van der Waals surface area contributed by atoms with E-state index in [-0.39, 0.29) is 5.41 Å². The van der Waals surface area contributed by atoms with Crippen LogP contribution in [0.1, 0.15) is 26.3 Å². The molecule has 2 aromatic heterocycles. The van der Waals surface area contributed by atoms with Gasteiger partial charge in [0.15, 0.2) is 0 Å². The molecule has 0 aliphatic rings. The molecule has 7 rings (SSSR count). The summed E-state index contributed by atoms with van der Waals surface area (Å²) >= 11 is 0. The Balaban J connectivity index is 1.59. The lowest BCUT2D eigenvalue weighted by Gasteiger charge is -2.19. The Bertz CT molecular complexity index is 1890. The van der Waals surface area contributed by atoms with Crippen LogP contribution in [0.4, 0.5) is 0 Å². The van der Waals surface area contributed by atoms with Gasteiger partial charge in [-0.2, -0.15) is 0 Å². The molecule has 0 radical (unpaired) electrons. The summed E-state index contributed by atoms with van der Waals surface area (Å²) < 4.78 is 2.47.